The van der Waals surface area contributed by atoms with E-state index in [9.17, 15) is 19.5 Å². The van der Waals surface area contributed by atoms with E-state index in [1.165, 1.54) is 4.90 Å². The number of nitrogens with zero attached hydrogens (tertiary/aromatic N) is 2. The molecule has 0 radical (unpaired) electrons. The lowest BCUT2D eigenvalue weighted by atomic mass is 9.93. The molecule has 8 heteroatoms. The number of likely N-dealkylation sites (tertiary alicyclic amines) is 2. The minimum Gasteiger partial charge on any atom is -0.444 e. The van der Waals surface area contributed by atoms with E-state index in [1.54, 1.807) is 41.5 Å². The van der Waals surface area contributed by atoms with Gasteiger partial charge in [0.1, 0.15) is 11.2 Å². The highest BCUT2D eigenvalue weighted by atomic mass is 16.6. The van der Waals surface area contributed by atoms with Crippen LogP contribution in [0.4, 0.5) is 9.59 Å². The van der Waals surface area contributed by atoms with Gasteiger partial charge in [0.25, 0.3) is 0 Å². The zero-order chi connectivity index (χ0) is 20.6. The average Bonchev–Trinajstić information content (AvgIpc) is 3.09. The molecule has 2 aliphatic heterocycles. The van der Waals surface area contributed by atoms with Gasteiger partial charge in [0, 0.05) is 13.1 Å². The van der Waals surface area contributed by atoms with Gasteiger partial charge in [0.05, 0.1) is 18.1 Å². The first-order valence-electron chi connectivity index (χ1n) is 9.52. The standard InChI is InChI=1S/C19H32N2O6/c1-18(2,3)26-16(24)20-10-7-8-13(20)14(22)12-9-11-21(15(12)23)17(25)27-19(4,5)6/h12-14,22H,7-11H2,1-6H3/t12?,13-,14?/m1/s1. The smallest absolute Gasteiger partial charge is 0.417 e. The topological polar surface area (TPSA) is 96.4 Å². The molecule has 2 rings (SSSR count). The van der Waals surface area contributed by atoms with Crippen molar-refractivity contribution in [3.8, 4) is 0 Å². The molecule has 0 saturated carbocycles. The normalized spacial score (nSPS) is 24.9. The zero-order valence-corrected chi connectivity index (χ0v) is 17.2. The van der Waals surface area contributed by atoms with E-state index in [0.29, 0.717) is 19.4 Å². The van der Waals surface area contributed by atoms with Gasteiger partial charge in [0.2, 0.25) is 5.91 Å². The molecule has 2 heterocycles. The van der Waals surface area contributed by atoms with Crippen LogP contribution in [-0.2, 0) is 14.3 Å². The Balaban J connectivity index is 2.04. The van der Waals surface area contributed by atoms with Gasteiger partial charge in [-0.1, -0.05) is 0 Å². The molecule has 3 atom stereocenters. The summed E-state index contributed by atoms with van der Waals surface area (Å²) in [5.41, 5.74) is -1.33. The van der Waals surface area contributed by atoms with Gasteiger partial charge in [0.15, 0.2) is 0 Å². The lowest BCUT2D eigenvalue weighted by molar-refractivity contribution is -0.134. The predicted molar refractivity (Wildman–Crippen MR) is 98.0 cm³/mol. The van der Waals surface area contributed by atoms with Crippen LogP contribution in [-0.4, -0.2) is 69.4 Å². The van der Waals surface area contributed by atoms with Crippen molar-refractivity contribution in [1.82, 2.24) is 9.80 Å². The van der Waals surface area contributed by atoms with Crippen LogP contribution >= 0.6 is 0 Å². The van der Waals surface area contributed by atoms with Gasteiger partial charge in [-0.3, -0.25) is 4.79 Å². The summed E-state index contributed by atoms with van der Waals surface area (Å²) >= 11 is 0. The Hall–Kier alpha value is -1.83. The molecule has 0 spiro atoms. The first-order chi connectivity index (χ1) is 12.3. The second-order valence-electron chi connectivity index (χ2n) is 9.24. The molecule has 8 nitrogen and oxygen atoms in total. The highest BCUT2D eigenvalue weighted by Gasteiger charge is 2.47. The van der Waals surface area contributed by atoms with Crippen LogP contribution in [0.2, 0.25) is 0 Å². The third kappa shape index (κ3) is 5.34. The third-order valence-corrected chi connectivity index (χ3v) is 4.59. The van der Waals surface area contributed by atoms with Crippen molar-refractivity contribution in [3.05, 3.63) is 0 Å². The summed E-state index contributed by atoms with van der Waals surface area (Å²) in [6.07, 6.45) is -0.553. The van der Waals surface area contributed by atoms with Gasteiger partial charge < -0.3 is 19.5 Å². The minimum absolute atomic E-state index is 0.203. The Labute approximate surface area is 160 Å². The molecule has 2 fully saturated rings. The largest absolute Gasteiger partial charge is 0.444 e. The van der Waals surface area contributed by atoms with Crippen LogP contribution in [0.25, 0.3) is 0 Å². The van der Waals surface area contributed by atoms with E-state index < -0.39 is 47.4 Å². The van der Waals surface area contributed by atoms with Crippen LogP contribution in [0.5, 0.6) is 0 Å². The summed E-state index contributed by atoms with van der Waals surface area (Å²) in [6, 6.07) is -0.493. The summed E-state index contributed by atoms with van der Waals surface area (Å²) in [4.78, 5) is 39.8. The first-order valence-corrected chi connectivity index (χ1v) is 9.52. The van der Waals surface area contributed by atoms with Crippen molar-refractivity contribution in [1.29, 1.82) is 0 Å². The van der Waals surface area contributed by atoms with Gasteiger partial charge in [-0.05, 0) is 60.8 Å². The first kappa shape index (κ1) is 21.5. The average molecular weight is 384 g/mol. The SMILES string of the molecule is CC(C)(C)OC(=O)N1CCC(C(O)[C@H]2CCCN2C(=O)OC(C)(C)C)C1=O. The maximum Gasteiger partial charge on any atom is 0.417 e. The molecule has 154 valence electrons. The number of ether oxygens (including phenoxy) is 2. The van der Waals surface area contributed by atoms with Gasteiger partial charge in [-0.2, -0.15) is 0 Å². The van der Waals surface area contributed by atoms with Crippen molar-refractivity contribution in [2.75, 3.05) is 13.1 Å². The van der Waals surface area contributed by atoms with Gasteiger partial charge >= 0.3 is 12.2 Å². The van der Waals surface area contributed by atoms with E-state index in [0.717, 1.165) is 11.3 Å². The van der Waals surface area contributed by atoms with E-state index in [4.69, 9.17) is 9.47 Å². The van der Waals surface area contributed by atoms with Crippen LogP contribution in [0.1, 0.15) is 60.8 Å². The second kappa shape index (κ2) is 7.66. The number of hydrogen-bond acceptors (Lipinski definition) is 6. The number of aliphatic hydroxyl groups is 1. The fourth-order valence-corrected chi connectivity index (χ4v) is 3.48. The number of hydrogen-bond donors (Lipinski definition) is 1. The van der Waals surface area contributed by atoms with Crippen LogP contribution < -0.4 is 0 Å². The maximum atomic E-state index is 12.7. The van der Waals surface area contributed by atoms with Crippen LogP contribution in [0.15, 0.2) is 0 Å². The lowest BCUT2D eigenvalue weighted by Gasteiger charge is -2.32. The zero-order valence-electron chi connectivity index (χ0n) is 17.2. The monoisotopic (exact) mass is 384 g/mol. The van der Waals surface area contributed by atoms with Crippen molar-refractivity contribution in [2.45, 2.75) is 84.2 Å². The summed E-state index contributed by atoms with van der Waals surface area (Å²) in [6.45, 7) is 11.2. The van der Waals surface area contributed by atoms with E-state index in [-0.39, 0.29) is 6.54 Å². The Kier molecular flexibility index (Phi) is 6.09. The van der Waals surface area contributed by atoms with E-state index >= 15 is 0 Å². The van der Waals surface area contributed by atoms with E-state index in [1.807, 2.05) is 0 Å². The summed E-state index contributed by atoms with van der Waals surface area (Å²) < 4.78 is 10.7. The number of rotatable bonds is 2. The predicted octanol–water partition coefficient (Wildman–Crippen LogP) is 2.53. The second-order valence-corrected chi connectivity index (χ2v) is 9.24. The molecule has 0 aromatic carbocycles. The summed E-state index contributed by atoms with van der Waals surface area (Å²) in [5, 5.41) is 10.8. The molecular formula is C19H32N2O6. The van der Waals surface area contributed by atoms with Crippen LogP contribution in [0.3, 0.4) is 0 Å². The molecule has 3 amide bonds. The molecule has 0 aromatic heterocycles. The molecular weight excluding hydrogens is 352 g/mol. The Morgan fingerprint density at radius 2 is 1.56 bits per heavy atom. The third-order valence-electron chi connectivity index (χ3n) is 4.59. The number of carbonyl (C=O) groups is 3. The summed E-state index contributed by atoms with van der Waals surface area (Å²) in [7, 11) is 0. The Bertz CT molecular complexity index is 592. The molecule has 2 aliphatic rings. The number of carbonyl (C=O) groups excluding carboxylic acids is 3. The molecule has 0 aromatic rings. The fourth-order valence-electron chi connectivity index (χ4n) is 3.48. The van der Waals surface area contributed by atoms with Crippen molar-refractivity contribution >= 4 is 18.1 Å². The number of imide groups is 1. The maximum absolute atomic E-state index is 12.7. The van der Waals surface area contributed by atoms with Crippen molar-refractivity contribution in [3.63, 3.8) is 0 Å². The van der Waals surface area contributed by atoms with Gasteiger partial charge in [-0.25, -0.2) is 14.5 Å². The number of aliphatic hydroxyl groups excluding tert-OH is 1. The molecule has 0 bridgehead atoms. The quantitative estimate of drug-likeness (QED) is 0.786. The highest BCUT2D eigenvalue weighted by molar-refractivity contribution is 5.95. The van der Waals surface area contributed by atoms with Crippen molar-refractivity contribution < 1.29 is 29.0 Å². The van der Waals surface area contributed by atoms with Crippen LogP contribution in [0, 0.1) is 5.92 Å². The molecule has 0 aliphatic carbocycles. The molecule has 1 N–H and O–H groups in total. The molecule has 2 saturated heterocycles. The van der Waals surface area contributed by atoms with E-state index in [2.05, 4.69) is 0 Å². The Morgan fingerprint density at radius 1 is 1.00 bits per heavy atom. The number of amides is 3. The summed E-state index contributed by atoms with van der Waals surface area (Å²) in [5.74, 6) is -1.18. The van der Waals surface area contributed by atoms with Gasteiger partial charge in [-0.15, -0.1) is 0 Å². The van der Waals surface area contributed by atoms with Crippen molar-refractivity contribution in [2.24, 2.45) is 5.92 Å². The highest BCUT2D eigenvalue weighted by Crippen LogP contribution is 2.31. The Morgan fingerprint density at radius 3 is 2.11 bits per heavy atom. The minimum atomic E-state index is -1.04. The fraction of sp³-hybridized carbons (Fsp3) is 0.842. The lowest BCUT2D eigenvalue weighted by Crippen LogP contribution is -2.49. The molecule has 27 heavy (non-hydrogen) atoms. The molecule has 2 unspecified atom stereocenters.